The molecule has 0 saturated heterocycles. The summed E-state index contributed by atoms with van der Waals surface area (Å²) in [4.78, 5) is 0. The van der Waals surface area contributed by atoms with Crippen LogP contribution >= 0.6 is 10.7 Å². The van der Waals surface area contributed by atoms with Gasteiger partial charge >= 0.3 is 0 Å². The van der Waals surface area contributed by atoms with E-state index in [9.17, 15) is 8.42 Å². The number of rotatable bonds is 7. The normalized spacial score (nSPS) is 12.2. The van der Waals surface area contributed by atoms with Gasteiger partial charge in [0.25, 0.3) is 0 Å². The lowest BCUT2D eigenvalue weighted by Crippen LogP contribution is -2.28. The SMILES string of the molecule is CCOc1cccc(OCC(C)(C)CS(=O)(=O)Cl)c1. The summed E-state index contributed by atoms with van der Waals surface area (Å²) < 4.78 is 33.1. The van der Waals surface area contributed by atoms with E-state index in [1.807, 2.05) is 19.1 Å². The van der Waals surface area contributed by atoms with Crippen LogP contribution in [0.4, 0.5) is 0 Å². The molecular formula is C13H19ClO4S. The molecule has 0 radical (unpaired) electrons. The van der Waals surface area contributed by atoms with Crippen LogP contribution in [0, 0.1) is 5.41 Å². The van der Waals surface area contributed by atoms with Crippen molar-refractivity contribution in [3.05, 3.63) is 24.3 Å². The summed E-state index contributed by atoms with van der Waals surface area (Å²) in [6.45, 7) is 6.33. The van der Waals surface area contributed by atoms with E-state index >= 15 is 0 Å². The highest BCUT2D eigenvalue weighted by Crippen LogP contribution is 2.24. The van der Waals surface area contributed by atoms with Crippen molar-refractivity contribution in [2.45, 2.75) is 20.8 Å². The molecule has 0 saturated carbocycles. The van der Waals surface area contributed by atoms with Crippen molar-refractivity contribution in [3.63, 3.8) is 0 Å². The van der Waals surface area contributed by atoms with Crippen molar-refractivity contribution in [3.8, 4) is 11.5 Å². The fourth-order valence-electron chi connectivity index (χ4n) is 1.61. The standard InChI is InChI=1S/C13H19ClO4S/c1-4-17-11-6-5-7-12(8-11)18-9-13(2,3)10-19(14,15)16/h5-8H,4,9-10H2,1-3H3. The molecule has 108 valence electrons. The zero-order valence-corrected chi connectivity index (χ0v) is 12.9. The Morgan fingerprint density at radius 3 is 2.32 bits per heavy atom. The molecule has 0 atom stereocenters. The topological polar surface area (TPSA) is 52.6 Å². The first-order chi connectivity index (χ1) is 8.72. The first kappa shape index (κ1) is 16.1. The molecule has 19 heavy (non-hydrogen) atoms. The molecule has 4 nitrogen and oxygen atoms in total. The molecule has 0 heterocycles. The molecule has 1 aromatic rings. The smallest absolute Gasteiger partial charge is 0.233 e. The summed E-state index contributed by atoms with van der Waals surface area (Å²) in [5.41, 5.74) is -0.553. The third kappa shape index (κ3) is 6.68. The van der Waals surface area contributed by atoms with Crippen molar-refractivity contribution in [1.29, 1.82) is 0 Å². The van der Waals surface area contributed by atoms with E-state index in [1.165, 1.54) is 0 Å². The van der Waals surface area contributed by atoms with Gasteiger partial charge in [-0.05, 0) is 19.1 Å². The van der Waals surface area contributed by atoms with Gasteiger partial charge in [0.1, 0.15) is 11.5 Å². The molecule has 6 heteroatoms. The Balaban J connectivity index is 2.63. The van der Waals surface area contributed by atoms with Gasteiger partial charge in [-0.1, -0.05) is 19.9 Å². The largest absolute Gasteiger partial charge is 0.494 e. The maximum atomic E-state index is 11.1. The van der Waals surface area contributed by atoms with Crippen LogP contribution in [0.15, 0.2) is 24.3 Å². The Kier molecular flexibility index (Phi) is 5.50. The quantitative estimate of drug-likeness (QED) is 0.727. The summed E-state index contributed by atoms with van der Waals surface area (Å²) in [6.07, 6.45) is 0. The second-order valence-corrected chi connectivity index (χ2v) is 7.82. The van der Waals surface area contributed by atoms with Gasteiger partial charge in [-0.25, -0.2) is 8.42 Å². The van der Waals surface area contributed by atoms with E-state index < -0.39 is 14.5 Å². The zero-order valence-electron chi connectivity index (χ0n) is 11.3. The summed E-state index contributed by atoms with van der Waals surface area (Å²) in [5.74, 6) is 1.24. The lowest BCUT2D eigenvalue weighted by molar-refractivity contribution is 0.199. The van der Waals surface area contributed by atoms with Crippen LogP contribution in [0.25, 0.3) is 0 Å². The van der Waals surface area contributed by atoms with E-state index in [-0.39, 0.29) is 12.4 Å². The first-order valence-electron chi connectivity index (χ1n) is 6.00. The molecule has 0 fully saturated rings. The average molecular weight is 307 g/mol. The van der Waals surface area contributed by atoms with E-state index in [2.05, 4.69) is 0 Å². The van der Waals surface area contributed by atoms with Crippen molar-refractivity contribution in [2.75, 3.05) is 19.0 Å². The fourth-order valence-corrected chi connectivity index (χ4v) is 3.51. The minimum Gasteiger partial charge on any atom is -0.494 e. The molecule has 0 aliphatic heterocycles. The molecular weight excluding hydrogens is 288 g/mol. The van der Waals surface area contributed by atoms with Crippen molar-refractivity contribution in [1.82, 2.24) is 0 Å². The van der Waals surface area contributed by atoms with Crippen LogP contribution in [0.2, 0.25) is 0 Å². The highest BCUT2D eigenvalue weighted by molar-refractivity contribution is 8.13. The molecule has 0 aliphatic carbocycles. The molecule has 0 aliphatic rings. The molecule has 1 rings (SSSR count). The molecule has 0 spiro atoms. The van der Waals surface area contributed by atoms with Gasteiger partial charge in [0.15, 0.2) is 0 Å². The maximum absolute atomic E-state index is 11.1. The maximum Gasteiger partial charge on any atom is 0.233 e. The van der Waals surface area contributed by atoms with Gasteiger partial charge in [0.2, 0.25) is 9.05 Å². The predicted octanol–water partition coefficient (Wildman–Crippen LogP) is 3.06. The zero-order chi connectivity index (χ0) is 14.5. The van der Waals surface area contributed by atoms with Crippen molar-refractivity contribution < 1.29 is 17.9 Å². The fraction of sp³-hybridized carbons (Fsp3) is 0.538. The second kappa shape index (κ2) is 6.48. The van der Waals surface area contributed by atoms with Gasteiger partial charge in [-0.3, -0.25) is 0 Å². The Hall–Kier alpha value is -0.940. The van der Waals surface area contributed by atoms with E-state index in [0.717, 1.165) is 5.75 Å². The van der Waals surface area contributed by atoms with Gasteiger partial charge < -0.3 is 9.47 Å². The minimum atomic E-state index is -3.54. The Morgan fingerprint density at radius 1 is 1.21 bits per heavy atom. The molecule has 0 N–H and O–H groups in total. The van der Waals surface area contributed by atoms with Crippen LogP contribution in [0.5, 0.6) is 11.5 Å². The third-order valence-electron chi connectivity index (χ3n) is 2.31. The Bertz CT molecular complexity index is 511. The van der Waals surface area contributed by atoms with E-state index in [4.69, 9.17) is 20.2 Å². The Labute approximate surface area is 119 Å². The predicted molar refractivity (Wildman–Crippen MR) is 76.5 cm³/mol. The lowest BCUT2D eigenvalue weighted by Gasteiger charge is -2.23. The van der Waals surface area contributed by atoms with Gasteiger partial charge in [-0.2, -0.15) is 0 Å². The van der Waals surface area contributed by atoms with Gasteiger partial charge in [0.05, 0.1) is 19.0 Å². The number of ether oxygens (including phenoxy) is 2. The molecule has 0 bridgehead atoms. The summed E-state index contributed by atoms with van der Waals surface area (Å²) in [6, 6.07) is 7.24. The number of hydrogen-bond acceptors (Lipinski definition) is 4. The highest BCUT2D eigenvalue weighted by atomic mass is 35.7. The molecule has 0 amide bonds. The third-order valence-corrected chi connectivity index (χ3v) is 3.76. The summed E-state index contributed by atoms with van der Waals surface area (Å²) in [5, 5.41) is 0. The number of halogens is 1. The van der Waals surface area contributed by atoms with E-state index in [0.29, 0.717) is 12.4 Å². The number of benzene rings is 1. The lowest BCUT2D eigenvalue weighted by atomic mass is 9.98. The molecule has 0 unspecified atom stereocenters. The monoisotopic (exact) mass is 306 g/mol. The van der Waals surface area contributed by atoms with Gasteiger partial charge in [-0.15, -0.1) is 0 Å². The average Bonchev–Trinajstić information content (AvgIpc) is 2.24. The Morgan fingerprint density at radius 2 is 1.79 bits per heavy atom. The minimum absolute atomic E-state index is 0.132. The molecule has 1 aromatic carbocycles. The summed E-state index contributed by atoms with van der Waals surface area (Å²) in [7, 11) is 1.73. The van der Waals surface area contributed by atoms with E-state index in [1.54, 1.807) is 26.0 Å². The first-order valence-corrected chi connectivity index (χ1v) is 8.48. The summed E-state index contributed by atoms with van der Waals surface area (Å²) >= 11 is 0. The molecule has 0 aromatic heterocycles. The van der Waals surface area contributed by atoms with Gasteiger partial charge in [0, 0.05) is 22.2 Å². The van der Waals surface area contributed by atoms with Crippen LogP contribution in [-0.4, -0.2) is 27.4 Å². The van der Waals surface area contributed by atoms with Crippen LogP contribution in [-0.2, 0) is 9.05 Å². The second-order valence-electron chi connectivity index (χ2n) is 5.04. The van der Waals surface area contributed by atoms with Crippen LogP contribution < -0.4 is 9.47 Å². The highest BCUT2D eigenvalue weighted by Gasteiger charge is 2.25. The van der Waals surface area contributed by atoms with Crippen molar-refractivity contribution >= 4 is 19.7 Å². The van der Waals surface area contributed by atoms with Crippen LogP contribution in [0.3, 0.4) is 0 Å². The van der Waals surface area contributed by atoms with Crippen molar-refractivity contribution in [2.24, 2.45) is 5.41 Å². The number of hydrogen-bond donors (Lipinski definition) is 0. The van der Waals surface area contributed by atoms with Crippen LogP contribution in [0.1, 0.15) is 20.8 Å².